The van der Waals surface area contributed by atoms with Crippen molar-refractivity contribution in [3.63, 3.8) is 0 Å². The lowest BCUT2D eigenvalue weighted by Gasteiger charge is -2.37. The van der Waals surface area contributed by atoms with E-state index >= 15 is 0 Å². The Morgan fingerprint density at radius 2 is 1.84 bits per heavy atom. The van der Waals surface area contributed by atoms with E-state index < -0.39 is 0 Å². The van der Waals surface area contributed by atoms with Crippen molar-refractivity contribution >= 4 is 0 Å². The smallest absolute Gasteiger partial charge is 0.0477 e. The third-order valence-electron chi connectivity index (χ3n) is 4.07. The lowest BCUT2D eigenvalue weighted by molar-refractivity contribution is 0.101. The molecule has 4 heteroatoms. The van der Waals surface area contributed by atoms with Crippen molar-refractivity contribution in [3.05, 3.63) is 0 Å². The molecular weight excluding hydrogens is 238 g/mol. The molecule has 4 nitrogen and oxygen atoms in total. The highest BCUT2D eigenvalue weighted by Gasteiger charge is 2.19. The maximum absolute atomic E-state index is 5.32. The molecule has 19 heavy (non-hydrogen) atoms. The summed E-state index contributed by atoms with van der Waals surface area (Å²) in [5, 5.41) is 3.50. The summed E-state index contributed by atoms with van der Waals surface area (Å²) in [4.78, 5) is 5.19. The Balaban J connectivity index is 1.95. The zero-order chi connectivity index (χ0) is 13.9. The van der Waals surface area contributed by atoms with Crippen LogP contribution in [0.25, 0.3) is 0 Å². The van der Waals surface area contributed by atoms with Crippen LogP contribution in [0.2, 0.25) is 0 Å². The zero-order valence-electron chi connectivity index (χ0n) is 13.2. The summed E-state index contributed by atoms with van der Waals surface area (Å²) in [6, 6.07) is 0.749. The van der Waals surface area contributed by atoms with Gasteiger partial charge in [0.05, 0.1) is 0 Å². The maximum Gasteiger partial charge on any atom is 0.0477 e. The fraction of sp³-hybridized carbons (Fsp3) is 1.00. The summed E-state index contributed by atoms with van der Waals surface area (Å²) >= 11 is 0. The van der Waals surface area contributed by atoms with Gasteiger partial charge in [-0.1, -0.05) is 6.92 Å². The van der Waals surface area contributed by atoms with Crippen LogP contribution in [0.15, 0.2) is 0 Å². The van der Waals surface area contributed by atoms with Gasteiger partial charge in [0.2, 0.25) is 0 Å². The molecule has 0 aromatic carbocycles. The van der Waals surface area contributed by atoms with Crippen LogP contribution in [0.4, 0.5) is 0 Å². The van der Waals surface area contributed by atoms with Crippen molar-refractivity contribution in [1.29, 1.82) is 0 Å². The van der Waals surface area contributed by atoms with E-state index in [2.05, 4.69) is 29.0 Å². The van der Waals surface area contributed by atoms with Crippen molar-refractivity contribution in [2.45, 2.75) is 39.7 Å². The molecule has 1 unspecified atom stereocenters. The normalized spacial score (nSPS) is 19.7. The van der Waals surface area contributed by atoms with Gasteiger partial charge >= 0.3 is 0 Å². The molecule has 0 saturated carbocycles. The highest BCUT2D eigenvalue weighted by molar-refractivity contribution is 4.75. The van der Waals surface area contributed by atoms with Crippen molar-refractivity contribution in [1.82, 2.24) is 15.1 Å². The van der Waals surface area contributed by atoms with Gasteiger partial charge in [-0.3, -0.25) is 9.80 Å². The molecule has 0 radical (unpaired) electrons. The topological polar surface area (TPSA) is 27.7 Å². The molecule has 1 heterocycles. The van der Waals surface area contributed by atoms with Crippen LogP contribution in [0.1, 0.15) is 33.6 Å². The Kier molecular flexibility index (Phi) is 9.43. The molecule has 0 aromatic rings. The summed E-state index contributed by atoms with van der Waals surface area (Å²) in [5.41, 5.74) is 0. The maximum atomic E-state index is 5.32. The van der Waals surface area contributed by atoms with E-state index in [0.29, 0.717) is 0 Å². The SMILES string of the molecule is CCOCCCNCCN1CCN(C(C)CC)CC1. The summed E-state index contributed by atoms with van der Waals surface area (Å²) in [6.07, 6.45) is 2.39. The fourth-order valence-electron chi connectivity index (χ4n) is 2.49. The van der Waals surface area contributed by atoms with Gasteiger partial charge in [0, 0.05) is 58.5 Å². The van der Waals surface area contributed by atoms with Gasteiger partial charge in [0.1, 0.15) is 0 Å². The average molecular weight is 271 g/mol. The van der Waals surface area contributed by atoms with Gasteiger partial charge < -0.3 is 10.1 Å². The first kappa shape index (κ1) is 16.9. The van der Waals surface area contributed by atoms with Crippen LogP contribution >= 0.6 is 0 Å². The number of ether oxygens (including phenoxy) is 1. The first-order chi connectivity index (χ1) is 9.27. The van der Waals surface area contributed by atoms with E-state index in [-0.39, 0.29) is 0 Å². The predicted molar refractivity (Wildman–Crippen MR) is 81.7 cm³/mol. The standard InChI is InChI=1S/C15H33N3O/c1-4-15(3)18-12-10-17(11-13-18)9-8-16-7-6-14-19-5-2/h15-16H,4-14H2,1-3H3. The first-order valence-electron chi connectivity index (χ1n) is 8.02. The summed E-state index contributed by atoms with van der Waals surface area (Å²) < 4.78 is 5.32. The van der Waals surface area contributed by atoms with Crippen molar-refractivity contribution in [2.75, 3.05) is 59.0 Å². The summed E-state index contributed by atoms with van der Waals surface area (Å²) in [5.74, 6) is 0. The summed E-state index contributed by atoms with van der Waals surface area (Å²) in [6.45, 7) is 16.7. The zero-order valence-corrected chi connectivity index (χ0v) is 13.2. The molecule has 1 atom stereocenters. The minimum Gasteiger partial charge on any atom is -0.382 e. The molecule has 1 N–H and O–H groups in total. The molecule has 114 valence electrons. The lowest BCUT2D eigenvalue weighted by atomic mass is 10.2. The first-order valence-corrected chi connectivity index (χ1v) is 8.02. The molecule has 0 aliphatic carbocycles. The Hall–Kier alpha value is -0.160. The Morgan fingerprint density at radius 1 is 1.11 bits per heavy atom. The fourth-order valence-corrected chi connectivity index (χ4v) is 2.49. The number of piperazine rings is 1. The molecule has 1 aliphatic rings. The molecule has 1 rings (SSSR count). The quantitative estimate of drug-likeness (QED) is 0.608. The monoisotopic (exact) mass is 271 g/mol. The molecule has 1 aliphatic heterocycles. The third-order valence-corrected chi connectivity index (χ3v) is 4.07. The summed E-state index contributed by atoms with van der Waals surface area (Å²) in [7, 11) is 0. The number of hydrogen-bond donors (Lipinski definition) is 1. The number of nitrogens with zero attached hydrogens (tertiary/aromatic N) is 2. The van der Waals surface area contributed by atoms with Gasteiger partial charge in [0.25, 0.3) is 0 Å². The minimum absolute atomic E-state index is 0.749. The van der Waals surface area contributed by atoms with Gasteiger partial charge in [0.15, 0.2) is 0 Å². The second kappa shape index (κ2) is 10.6. The van der Waals surface area contributed by atoms with Crippen LogP contribution in [0.5, 0.6) is 0 Å². The Labute approximate surface area is 119 Å². The van der Waals surface area contributed by atoms with Gasteiger partial charge in [-0.05, 0) is 33.2 Å². The second-order valence-electron chi connectivity index (χ2n) is 5.44. The molecule has 0 spiro atoms. The molecular formula is C15H33N3O. The molecule has 0 bridgehead atoms. The van der Waals surface area contributed by atoms with E-state index in [1.807, 2.05) is 6.92 Å². The van der Waals surface area contributed by atoms with Crippen LogP contribution in [-0.4, -0.2) is 74.9 Å². The Bertz CT molecular complexity index is 206. The molecule has 1 fully saturated rings. The van der Waals surface area contributed by atoms with Gasteiger partial charge in [-0.2, -0.15) is 0 Å². The number of hydrogen-bond acceptors (Lipinski definition) is 4. The van der Waals surface area contributed by atoms with Crippen LogP contribution in [0, 0.1) is 0 Å². The number of rotatable bonds is 10. The van der Waals surface area contributed by atoms with Crippen LogP contribution in [-0.2, 0) is 4.74 Å². The van der Waals surface area contributed by atoms with E-state index in [0.717, 1.165) is 38.8 Å². The van der Waals surface area contributed by atoms with Gasteiger partial charge in [-0.25, -0.2) is 0 Å². The van der Waals surface area contributed by atoms with Gasteiger partial charge in [-0.15, -0.1) is 0 Å². The average Bonchev–Trinajstić information content (AvgIpc) is 2.46. The lowest BCUT2D eigenvalue weighted by Crippen LogP contribution is -2.50. The van der Waals surface area contributed by atoms with E-state index in [4.69, 9.17) is 4.74 Å². The highest BCUT2D eigenvalue weighted by Crippen LogP contribution is 2.07. The van der Waals surface area contributed by atoms with Crippen molar-refractivity contribution < 1.29 is 4.74 Å². The van der Waals surface area contributed by atoms with Crippen molar-refractivity contribution in [3.8, 4) is 0 Å². The molecule has 1 saturated heterocycles. The number of nitrogens with one attached hydrogen (secondary N) is 1. The van der Waals surface area contributed by atoms with E-state index in [1.54, 1.807) is 0 Å². The predicted octanol–water partition coefficient (Wildman–Crippen LogP) is 1.42. The van der Waals surface area contributed by atoms with Crippen LogP contribution in [0.3, 0.4) is 0 Å². The second-order valence-corrected chi connectivity index (χ2v) is 5.44. The van der Waals surface area contributed by atoms with E-state index in [9.17, 15) is 0 Å². The Morgan fingerprint density at radius 3 is 2.47 bits per heavy atom. The van der Waals surface area contributed by atoms with Crippen molar-refractivity contribution in [2.24, 2.45) is 0 Å². The highest BCUT2D eigenvalue weighted by atomic mass is 16.5. The largest absolute Gasteiger partial charge is 0.382 e. The third kappa shape index (κ3) is 7.25. The molecule has 0 amide bonds. The van der Waals surface area contributed by atoms with Crippen LogP contribution < -0.4 is 5.32 Å². The molecule has 0 aromatic heterocycles. The minimum atomic E-state index is 0.749. The van der Waals surface area contributed by atoms with E-state index in [1.165, 1.54) is 39.1 Å².